The molecule has 1 aromatic carbocycles. The number of hydrogen-bond acceptors (Lipinski definition) is 2. The number of aryl methyl sites for hydroxylation is 3. The lowest BCUT2D eigenvalue weighted by atomic mass is 9.97. The SMILES string of the molecule is Cc1ccc(F)c(NC(=O)C2CCc3cnc(C)n3C2)c1. The van der Waals surface area contributed by atoms with Gasteiger partial charge in [0.1, 0.15) is 11.6 Å². The van der Waals surface area contributed by atoms with Gasteiger partial charge in [0.25, 0.3) is 0 Å². The van der Waals surface area contributed by atoms with Gasteiger partial charge in [0.2, 0.25) is 5.91 Å². The molecule has 2 heterocycles. The smallest absolute Gasteiger partial charge is 0.229 e. The lowest BCUT2D eigenvalue weighted by molar-refractivity contribution is -0.120. The Morgan fingerprint density at radius 3 is 3.05 bits per heavy atom. The van der Waals surface area contributed by atoms with Crippen molar-refractivity contribution in [3.8, 4) is 0 Å². The number of aromatic nitrogens is 2. The highest BCUT2D eigenvalue weighted by atomic mass is 19.1. The first kappa shape index (κ1) is 13.8. The van der Waals surface area contributed by atoms with Crippen LogP contribution in [0.5, 0.6) is 0 Å². The highest BCUT2D eigenvalue weighted by Gasteiger charge is 2.26. The summed E-state index contributed by atoms with van der Waals surface area (Å²) in [6, 6.07) is 4.72. The Bertz CT molecular complexity index is 693. The maximum atomic E-state index is 13.7. The van der Waals surface area contributed by atoms with E-state index in [4.69, 9.17) is 0 Å². The van der Waals surface area contributed by atoms with Crippen LogP contribution >= 0.6 is 0 Å². The van der Waals surface area contributed by atoms with Crippen molar-refractivity contribution in [1.82, 2.24) is 9.55 Å². The Hall–Kier alpha value is -2.17. The predicted molar refractivity (Wildman–Crippen MR) is 78.5 cm³/mol. The maximum Gasteiger partial charge on any atom is 0.229 e. The molecule has 0 radical (unpaired) electrons. The van der Waals surface area contributed by atoms with Crippen molar-refractivity contribution in [2.75, 3.05) is 5.32 Å². The van der Waals surface area contributed by atoms with Gasteiger partial charge in [0.05, 0.1) is 11.6 Å². The Morgan fingerprint density at radius 1 is 1.43 bits per heavy atom. The third kappa shape index (κ3) is 2.68. The molecule has 1 unspecified atom stereocenters. The van der Waals surface area contributed by atoms with Crippen LogP contribution in [0.15, 0.2) is 24.4 Å². The highest BCUT2D eigenvalue weighted by molar-refractivity contribution is 5.92. The van der Waals surface area contributed by atoms with Crippen LogP contribution < -0.4 is 5.32 Å². The fourth-order valence-corrected chi connectivity index (χ4v) is 2.78. The molecule has 2 aromatic rings. The fourth-order valence-electron chi connectivity index (χ4n) is 2.78. The second-order valence-corrected chi connectivity index (χ2v) is 5.62. The molecule has 0 aliphatic carbocycles. The molecule has 1 N–H and O–H groups in total. The zero-order valence-corrected chi connectivity index (χ0v) is 12.2. The Balaban J connectivity index is 1.75. The van der Waals surface area contributed by atoms with Gasteiger partial charge in [-0.05, 0) is 44.4 Å². The van der Waals surface area contributed by atoms with Crippen LogP contribution in [-0.4, -0.2) is 15.5 Å². The molecule has 110 valence electrons. The van der Waals surface area contributed by atoms with Gasteiger partial charge >= 0.3 is 0 Å². The van der Waals surface area contributed by atoms with Gasteiger partial charge in [-0.3, -0.25) is 4.79 Å². The van der Waals surface area contributed by atoms with Crippen LogP contribution in [-0.2, 0) is 17.8 Å². The maximum absolute atomic E-state index is 13.7. The molecule has 0 fully saturated rings. The number of imidazole rings is 1. The molecular weight excluding hydrogens is 269 g/mol. The van der Waals surface area contributed by atoms with Gasteiger partial charge in [-0.1, -0.05) is 6.07 Å². The van der Waals surface area contributed by atoms with Crippen LogP contribution in [0.4, 0.5) is 10.1 Å². The fraction of sp³-hybridized carbons (Fsp3) is 0.375. The molecule has 0 spiro atoms. The number of carbonyl (C=O) groups is 1. The van der Waals surface area contributed by atoms with E-state index >= 15 is 0 Å². The molecule has 1 aliphatic rings. The first-order valence-electron chi connectivity index (χ1n) is 7.12. The number of rotatable bonds is 2. The largest absolute Gasteiger partial charge is 0.331 e. The molecule has 0 saturated carbocycles. The normalized spacial score (nSPS) is 17.4. The van der Waals surface area contributed by atoms with Crippen molar-refractivity contribution in [2.45, 2.75) is 33.2 Å². The van der Waals surface area contributed by atoms with Crippen molar-refractivity contribution >= 4 is 11.6 Å². The van der Waals surface area contributed by atoms with E-state index in [0.29, 0.717) is 6.54 Å². The zero-order chi connectivity index (χ0) is 15.0. The van der Waals surface area contributed by atoms with Gasteiger partial charge in [0.15, 0.2) is 0 Å². The van der Waals surface area contributed by atoms with E-state index in [1.54, 1.807) is 12.1 Å². The minimum absolute atomic E-state index is 0.127. The summed E-state index contributed by atoms with van der Waals surface area (Å²) in [5.41, 5.74) is 2.34. The van der Waals surface area contributed by atoms with Gasteiger partial charge in [-0.25, -0.2) is 9.37 Å². The Labute approximate surface area is 123 Å². The molecule has 1 atom stereocenters. The number of nitrogens with one attached hydrogen (secondary N) is 1. The number of benzene rings is 1. The molecule has 3 rings (SSSR count). The summed E-state index contributed by atoms with van der Waals surface area (Å²) < 4.78 is 15.8. The van der Waals surface area contributed by atoms with Crippen LogP contribution in [0.25, 0.3) is 0 Å². The van der Waals surface area contributed by atoms with Crippen LogP contribution in [0.2, 0.25) is 0 Å². The summed E-state index contributed by atoms with van der Waals surface area (Å²) in [6.07, 6.45) is 3.46. The van der Waals surface area contributed by atoms with Gasteiger partial charge in [0, 0.05) is 18.4 Å². The van der Waals surface area contributed by atoms with E-state index in [9.17, 15) is 9.18 Å². The molecule has 21 heavy (non-hydrogen) atoms. The average Bonchev–Trinajstić information content (AvgIpc) is 2.84. The van der Waals surface area contributed by atoms with Crippen molar-refractivity contribution in [1.29, 1.82) is 0 Å². The zero-order valence-electron chi connectivity index (χ0n) is 12.2. The lowest BCUT2D eigenvalue weighted by Crippen LogP contribution is -2.31. The number of fused-ring (bicyclic) bond motifs is 1. The number of amides is 1. The summed E-state index contributed by atoms with van der Waals surface area (Å²) in [5, 5.41) is 2.72. The molecule has 1 amide bonds. The molecule has 1 aliphatic heterocycles. The summed E-state index contributed by atoms with van der Waals surface area (Å²) in [7, 11) is 0. The highest BCUT2D eigenvalue weighted by Crippen LogP contribution is 2.24. The van der Waals surface area contributed by atoms with Gasteiger partial charge < -0.3 is 9.88 Å². The summed E-state index contributed by atoms with van der Waals surface area (Å²) in [5.74, 6) is 0.247. The second-order valence-electron chi connectivity index (χ2n) is 5.62. The van der Waals surface area contributed by atoms with E-state index in [1.165, 1.54) is 11.8 Å². The summed E-state index contributed by atoms with van der Waals surface area (Å²) in [6.45, 7) is 4.42. The molecule has 5 heteroatoms. The van der Waals surface area contributed by atoms with E-state index in [2.05, 4.69) is 14.9 Å². The van der Waals surface area contributed by atoms with E-state index in [-0.39, 0.29) is 17.5 Å². The topological polar surface area (TPSA) is 46.9 Å². The molecule has 0 saturated heterocycles. The van der Waals surface area contributed by atoms with Crippen LogP contribution in [0.3, 0.4) is 0 Å². The minimum Gasteiger partial charge on any atom is -0.331 e. The number of carbonyl (C=O) groups excluding carboxylic acids is 1. The predicted octanol–water partition coefficient (Wildman–Crippen LogP) is 2.84. The Kier molecular flexibility index (Phi) is 3.49. The number of halogens is 1. The molecule has 1 aromatic heterocycles. The first-order chi connectivity index (χ1) is 10.0. The van der Waals surface area contributed by atoms with E-state index < -0.39 is 5.82 Å². The Morgan fingerprint density at radius 2 is 2.24 bits per heavy atom. The third-order valence-corrected chi connectivity index (χ3v) is 4.04. The van der Waals surface area contributed by atoms with Crippen molar-refractivity contribution in [3.05, 3.63) is 47.3 Å². The monoisotopic (exact) mass is 287 g/mol. The number of anilines is 1. The molecule has 4 nitrogen and oxygen atoms in total. The second kappa shape index (κ2) is 5.31. The van der Waals surface area contributed by atoms with Crippen LogP contribution in [0.1, 0.15) is 23.5 Å². The molecule has 0 bridgehead atoms. The van der Waals surface area contributed by atoms with Crippen molar-refractivity contribution in [3.63, 3.8) is 0 Å². The minimum atomic E-state index is -0.399. The molecular formula is C16H18FN3O. The number of hydrogen-bond donors (Lipinski definition) is 1. The van der Waals surface area contributed by atoms with Gasteiger partial charge in [-0.15, -0.1) is 0 Å². The summed E-state index contributed by atoms with van der Waals surface area (Å²) >= 11 is 0. The summed E-state index contributed by atoms with van der Waals surface area (Å²) in [4.78, 5) is 16.6. The average molecular weight is 287 g/mol. The lowest BCUT2D eigenvalue weighted by Gasteiger charge is -2.24. The number of nitrogens with zero attached hydrogens (tertiary/aromatic N) is 2. The quantitative estimate of drug-likeness (QED) is 0.923. The van der Waals surface area contributed by atoms with Crippen LogP contribution in [0, 0.1) is 25.6 Å². The standard InChI is InChI=1S/C16H18FN3O/c1-10-3-6-14(17)15(7-10)19-16(21)12-4-5-13-8-18-11(2)20(13)9-12/h3,6-8,12H,4-5,9H2,1-2H3,(H,19,21). The van der Waals surface area contributed by atoms with E-state index in [0.717, 1.165) is 24.2 Å². The van der Waals surface area contributed by atoms with Gasteiger partial charge in [-0.2, -0.15) is 0 Å². The third-order valence-electron chi connectivity index (χ3n) is 4.04. The van der Waals surface area contributed by atoms with Crippen molar-refractivity contribution in [2.24, 2.45) is 5.92 Å². The van der Waals surface area contributed by atoms with E-state index in [1.807, 2.05) is 20.0 Å². The van der Waals surface area contributed by atoms with Crippen molar-refractivity contribution < 1.29 is 9.18 Å². The first-order valence-corrected chi connectivity index (χ1v) is 7.12.